The number of benzene rings is 3. The van der Waals surface area contributed by atoms with Gasteiger partial charge in [-0.3, -0.25) is 15.5 Å². The average Bonchev–Trinajstić information content (AvgIpc) is 2.74. The van der Waals surface area contributed by atoms with E-state index >= 15 is 0 Å². The highest BCUT2D eigenvalue weighted by atomic mass is 79.9. The summed E-state index contributed by atoms with van der Waals surface area (Å²) in [6, 6.07) is 17.1. The van der Waals surface area contributed by atoms with Gasteiger partial charge in [-0.15, -0.1) is 0 Å². The molecule has 0 amide bonds. The zero-order valence-corrected chi connectivity index (χ0v) is 18.2. The first-order chi connectivity index (χ1) is 14.5. The summed E-state index contributed by atoms with van der Waals surface area (Å²) in [5.74, 6) is 1.09. The van der Waals surface area contributed by atoms with Crippen molar-refractivity contribution in [3.8, 4) is 11.5 Å². The Balaban J connectivity index is 1.70. The Bertz CT molecular complexity index is 1070. The number of anilines is 1. The molecule has 0 spiro atoms. The highest BCUT2D eigenvalue weighted by molar-refractivity contribution is 9.10. The van der Waals surface area contributed by atoms with E-state index in [-0.39, 0.29) is 5.69 Å². The summed E-state index contributed by atoms with van der Waals surface area (Å²) < 4.78 is 12.1. The lowest BCUT2D eigenvalue weighted by Crippen LogP contribution is -2.00. The Labute approximate surface area is 186 Å². The summed E-state index contributed by atoms with van der Waals surface area (Å²) in [6.07, 6.45) is 1.60. The summed E-state index contributed by atoms with van der Waals surface area (Å²) in [6.45, 7) is 0.295. The molecule has 9 heteroatoms. The van der Waals surface area contributed by atoms with Gasteiger partial charge in [-0.05, 0) is 51.8 Å². The Kier molecular flexibility index (Phi) is 7.26. The van der Waals surface area contributed by atoms with Gasteiger partial charge in [0.25, 0.3) is 5.69 Å². The van der Waals surface area contributed by atoms with Crippen LogP contribution < -0.4 is 14.9 Å². The molecular weight excluding hydrogens is 474 g/mol. The molecule has 0 bridgehead atoms. The number of hydrogen-bond acceptors (Lipinski definition) is 6. The van der Waals surface area contributed by atoms with Gasteiger partial charge >= 0.3 is 0 Å². The monoisotopic (exact) mass is 489 g/mol. The zero-order valence-electron chi connectivity index (χ0n) is 15.8. The van der Waals surface area contributed by atoms with E-state index in [0.717, 1.165) is 11.1 Å². The molecule has 0 fully saturated rings. The van der Waals surface area contributed by atoms with E-state index in [1.807, 2.05) is 30.3 Å². The molecule has 0 saturated heterocycles. The van der Waals surface area contributed by atoms with Gasteiger partial charge in [0.1, 0.15) is 6.61 Å². The average molecular weight is 491 g/mol. The lowest BCUT2D eigenvalue weighted by molar-refractivity contribution is -0.384. The normalized spacial score (nSPS) is 10.8. The van der Waals surface area contributed by atoms with Gasteiger partial charge in [0.15, 0.2) is 11.5 Å². The summed E-state index contributed by atoms with van der Waals surface area (Å²) in [7, 11) is 1.56. The molecule has 0 aliphatic carbocycles. The van der Waals surface area contributed by atoms with E-state index in [1.165, 1.54) is 12.1 Å². The van der Waals surface area contributed by atoms with Crippen LogP contribution in [0.15, 0.2) is 70.2 Å². The van der Waals surface area contributed by atoms with Crippen LogP contribution in [0.4, 0.5) is 11.4 Å². The molecule has 0 heterocycles. The summed E-state index contributed by atoms with van der Waals surface area (Å²) in [5.41, 5.74) is 5.10. The second-order valence-corrected chi connectivity index (χ2v) is 7.35. The fourth-order valence-electron chi connectivity index (χ4n) is 2.56. The van der Waals surface area contributed by atoms with Gasteiger partial charge in [0.05, 0.1) is 28.4 Å². The maximum Gasteiger partial charge on any atom is 0.269 e. The molecule has 3 aromatic carbocycles. The largest absolute Gasteiger partial charge is 0.493 e. The minimum atomic E-state index is -0.452. The van der Waals surface area contributed by atoms with Crippen molar-refractivity contribution in [1.29, 1.82) is 0 Å². The van der Waals surface area contributed by atoms with Crippen LogP contribution in [0.3, 0.4) is 0 Å². The predicted octanol–water partition coefficient (Wildman–Crippen LogP) is 6.04. The molecule has 1 N–H and O–H groups in total. The Hall–Kier alpha value is -3.10. The Morgan fingerprint density at radius 1 is 1.20 bits per heavy atom. The molecule has 0 aliphatic heterocycles. The molecule has 7 nitrogen and oxygen atoms in total. The number of methoxy groups -OCH3 is 1. The van der Waals surface area contributed by atoms with Gasteiger partial charge in [0.2, 0.25) is 0 Å². The van der Waals surface area contributed by atoms with Crippen molar-refractivity contribution in [2.24, 2.45) is 5.10 Å². The van der Waals surface area contributed by atoms with E-state index in [9.17, 15) is 10.1 Å². The number of nitrogens with zero attached hydrogens (tertiary/aromatic N) is 2. The maximum absolute atomic E-state index is 10.7. The molecule has 3 rings (SSSR count). The number of nitro groups is 1. The van der Waals surface area contributed by atoms with Gasteiger partial charge in [-0.25, -0.2) is 0 Å². The topological polar surface area (TPSA) is 86.0 Å². The number of rotatable bonds is 8. The Morgan fingerprint density at radius 3 is 2.60 bits per heavy atom. The van der Waals surface area contributed by atoms with Crippen LogP contribution in [0.1, 0.15) is 11.1 Å². The lowest BCUT2D eigenvalue weighted by Gasteiger charge is -2.14. The van der Waals surface area contributed by atoms with Crippen molar-refractivity contribution in [1.82, 2.24) is 0 Å². The molecule has 3 aromatic rings. The maximum atomic E-state index is 10.7. The third-order valence-corrected chi connectivity index (χ3v) is 5.02. The molecule has 0 aromatic heterocycles. The molecule has 0 aliphatic rings. The summed E-state index contributed by atoms with van der Waals surface area (Å²) >= 11 is 9.69. The second-order valence-electron chi connectivity index (χ2n) is 6.09. The van der Waals surface area contributed by atoms with Crippen LogP contribution in [0.25, 0.3) is 0 Å². The number of hydrogen-bond donors (Lipinski definition) is 1. The van der Waals surface area contributed by atoms with Gasteiger partial charge in [0, 0.05) is 22.7 Å². The van der Waals surface area contributed by atoms with E-state index in [2.05, 4.69) is 26.5 Å². The van der Waals surface area contributed by atoms with E-state index in [0.29, 0.717) is 33.3 Å². The molecule has 30 heavy (non-hydrogen) atoms. The first-order valence-corrected chi connectivity index (χ1v) is 9.92. The number of ether oxygens (including phenoxy) is 2. The highest BCUT2D eigenvalue weighted by Gasteiger charge is 2.12. The molecular formula is C21H17BrClN3O4. The minimum absolute atomic E-state index is 0.0191. The van der Waals surface area contributed by atoms with Crippen molar-refractivity contribution >= 4 is 45.1 Å². The van der Waals surface area contributed by atoms with Crippen LogP contribution in [-0.4, -0.2) is 18.2 Å². The quantitative estimate of drug-likeness (QED) is 0.236. The van der Waals surface area contributed by atoms with Crippen molar-refractivity contribution in [2.45, 2.75) is 6.61 Å². The van der Waals surface area contributed by atoms with E-state index < -0.39 is 4.92 Å². The van der Waals surface area contributed by atoms with Crippen LogP contribution >= 0.6 is 27.5 Å². The molecule has 0 saturated carbocycles. The van der Waals surface area contributed by atoms with Gasteiger partial charge in [-0.2, -0.15) is 5.10 Å². The second kappa shape index (κ2) is 10.1. The van der Waals surface area contributed by atoms with Crippen LogP contribution in [0, 0.1) is 10.1 Å². The fourth-order valence-corrected chi connectivity index (χ4v) is 3.32. The van der Waals surface area contributed by atoms with Crippen molar-refractivity contribution in [3.63, 3.8) is 0 Å². The number of non-ortho nitro benzene ring substituents is 1. The fraction of sp³-hybridized carbons (Fsp3) is 0.0952. The zero-order chi connectivity index (χ0) is 21.5. The van der Waals surface area contributed by atoms with E-state index in [4.69, 9.17) is 21.1 Å². The first kappa shape index (κ1) is 21.6. The third kappa shape index (κ3) is 5.49. The van der Waals surface area contributed by atoms with Gasteiger partial charge in [-0.1, -0.05) is 29.8 Å². The minimum Gasteiger partial charge on any atom is -0.493 e. The first-order valence-electron chi connectivity index (χ1n) is 8.75. The summed E-state index contributed by atoms with van der Waals surface area (Å²) in [4.78, 5) is 10.2. The third-order valence-electron chi connectivity index (χ3n) is 4.07. The molecule has 0 unspecified atom stereocenters. The standard InChI is InChI=1S/C21H17BrClN3O4/c1-29-20-11-14(12-24-25-16-6-8-17(9-7-16)26(27)28)10-18(22)21(20)30-13-15-4-2-3-5-19(15)23/h2-12,25H,13H2,1H3/b24-12+. The SMILES string of the molecule is COc1cc(/C=N/Nc2ccc([N+](=O)[O-])cc2)cc(Br)c1OCc1ccccc1Cl. The summed E-state index contributed by atoms with van der Waals surface area (Å²) in [5, 5.41) is 15.5. The molecule has 0 atom stereocenters. The Morgan fingerprint density at radius 2 is 1.93 bits per heavy atom. The highest BCUT2D eigenvalue weighted by Crippen LogP contribution is 2.37. The van der Waals surface area contributed by atoms with E-state index in [1.54, 1.807) is 31.5 Å². The van der Waals surface area contributed by atoms with Crippen LogP contribution in [-0.2, 0) is 6.61 Å². The number of nitrogens with one attached hydrogen (secondary N) is 1. The smallest absolute Gasteiger partial charge is 0.269 e. The number of hydrazone groups is 1. The molecule has 154 valence electrons. The van der Waals surface area contributed by atoms with Crippen molar-refractivity contribution in [3.05, 3.63) is 91.4 Å². The van der Waals surface area contributed by atoms with Gasteiger partial charge < -0.3 is 9.47 Å². The van der Waals surface area contributed by atoms with Crippen LogP contribution in [0.5, 0.6) is 11.5 Å². The number of nitro benzene ring substituents is 1. The molecule has 0 radical (unpaired) electrons. The number of halogens is 2. The van der Waals surface area contributed by atoms with Crippen molar-refractivity contribution < 1.29 is 14.4 Å². The van der Waals surface area contributed by atoms with Crippen LogP contribution in [0.2, 0.25) is 5.02 Å². The lowest BCUT2D eigenvalue weighted by atomic mass is 10.2. The van der Waals surface area contributed by atoms with Crippen molar-refractivity contribution in [2.75, 3.05) is 12.5 Å². The predicted molar refractivity (Wildman–Crippen MR) is 121 cm³/mol.